The summed E-state index contributed by atoms with van der Waals surface area (Å²) >= 11 is 0. The summed E-state index contributed by atoms with van der Waals surface area (Å²) in [5.41, 5.74) is 2.89. The molecule has 0 unspecified atom stereocenters. The Morgan fingerprint density at radius 3 is 2.66 bits per heavy atom. The van der Waals surface area contributed by atoms with Crippen molar-refractivity contribution < 1.29 is 14.3 Å². The maximum atomic E-state index is 12.5. The molecule has 2 heterocycles. The summed E-state index contributed by atoms with van der Waals surface area (Å²) in [4.78, 5) is 17.0. The number of pyridine rings is 1. The van der Waals surface area contributed by atoms with Crippen molar-refractivity contribution in [2.75, 3.05) is 6.61 Å². The van der Waals surface area contributed by atoms with Crippen LogP contribution in [-0.4, -0.2) is 22.0 Å². The largest absolute Gasteiger partial charge is 0.476 e. The lowest BCUT2D eigenvalue weighted by Crippen LogP contribution is -2.08. The van der Waals surface area contributed by atoms with Crippen LogP contribution in [0.1, 0.15) is 30.8 Å². The Hall–Kier alpha value is -3.59. The molecule has 0 aliphatic heterocycles. The van der Waals surface area contributed by atoms with Gasteiger partial charge in [-0.2, -0.15) is 10.2 Å². The van der Waals surface area contributed by atoms with Crippen molar-refractivity contribution in [3.8, 4) is 11.9 Å². The summed E-state index contributed by atoms with van der Waals surface area (Å²) in [7, 11) is 0. The highest BCUT2D eigenvalue weighted by molar-refractivity contribution is 5.98. The van der Waals surface area contributed by atoms with Gasteiger partial charge in [0.15, 0.2) is 0 Å². The highest BCUT2D eigenvalue weighted by Gasteiger charge is 2.18. The molecule has 0 saturated heterocycles. The Bertz CT molecular complexity index is 1080. The van der Waals surface area contributed by atoms with Gasteiger partial charge in [-0.25, -0.2) is 4.79 Å². The van der Waals surface area contributed by atoms with Crippen LogP contribution in [0.3, 0.4) is 0 Å². The second kappa shape index (κ2) is 9.07. The number of rotatable bonds is 7. The number of imidazole rings is 1. The highest BCUT2D eigenvalue weighted by Crippen LogP contribution is 2.25. The van der Waals surface area contributed by atoms with E-state index >= 15 is 0 Å². The molecule has 29 heavy (non-hydrogen) atoms. The Balaban J connectivity index is 1.94. The third kappa shape index (κ3) is 4.82. The first kappa shape index (κ1) is 20.2. The van der Waals surface area contributed by atoms with E-state index in [2.05, 4.69) is 4.98 Å². The fraction of sp³-hybridized carbons (Fsp3) is 0.261. The molecule has 1 aromatic carbocycles. The molecule has 0 aliphatic rings. The van der Waals surface area contributed by atoms with Gasteiger partial charge in [-0.1, -0.05) is 50.2 Å². The minimum atomic E-state index is -0.685. The number of hydrogen-bond donors (Lipinski definition) is 0. The number of ether oxygens (including phenoxy) is 2. The van der Waals surface area contributed by atoms with Crippen LogP contribution >= 0.6 is 0 Å². The monoisotopic (exact) mass is 389 g/mol. The van der Waals surface area contributed by atoms with Gasteiger partial charge in [0.05, 0.1) is 6.61 Å². The van der Waals surface area contributed by atoms with Crippen LogP contribution in [0.5, 0.6) is 5.88 Å². The van der Waals surface area contributed by atoms with E-state index in [0.717, 1.165) is 11.3 Å². The van der Waals surface area contributed by atoms with Crippen LogP contribution in [0, 0.1) is 24.2 Å². The second-order valence-electron chi connectivity index (χ2n) is 7.10. The minimum absolute atomic E-state index is 0.0988. The van der Waals surface area contributed by atoms with Crippen molar-refractivity contribution in [2.45, 2.75) is 27.4 Å². The maximum Gasteiger partial charge on any atom is 0.349 e. The van der Waals surface area contributed by atoms with Gasteiger partial charge in [0.1, 0.15) is 29.6 Å². The molecule has 0 saturated carbocycles. The molecule has 0 aliphatic carbocycles. The molecular weight excluding hydrogens is 366 g/mol. The number of carbonyl (C=O) groups is 1. The number of nitrogens with zero attached hydrogens (tertiary/aromatic N) is 3. The third-order valence-electron chi connectivity index (χ3n) is 4.23. The number of aryl methyl sites for hydroxylation is 1. The molecule has 6 heteroatoms. The zero-order chi connectivity index (χ0) is 20.8. The van der Waals surface area contributed by atoms with E-state index in [-0.39, 0.29) is 12.2 Å². The van der Waals surface area contributed by atoms with Crippen LogP contribution in [-0.2, 0) is 16.1 Å². The summed E-state index contributed by atoms with van der Waals surface area (Å²) in [6.45, 7) is 6.58. The van der Waals surface area contributed by atoms with Gasteiger partial charge in [0, 0.05) is 5.69 Å². The first-order chi connectivity index (χ1) is 14.0. The Kier molecular flexibility index (Phi) is 6.30. The summed E-state index contributed by atoms with van der Waals surface area (Å²) in [5.74, 6) is 0.00956. The Labute approximate surface area is 170 Å². The molecule has 0 fully saturated rings. The zero-order valence-electron chi connectivity index (χ0n) is 16.8. The van der Waals surface area contributed by atoms with E-state index in [1.807, 2.05) is 79.8 Å². The summed E-state index contributed by atoms with van der Waals surface area (Å²) in [5, 5.41) is 9.55. The van der Waals surface area contributed by atoms with Gasteiger partial charge >= 0.3 is 5.97 Å². The van der Waals surface area contributed by atoms with Gasteiger partial charge in [0.2, 0.25) is 5.88 Å². The Morgan fingerprint density at radius 1 is 1.21 bits per heavy atom. The highest BCUT2D eigenvalue weighted by atomic mass is 16.5. The quantitative estimate of drug-likeness (QED) is 0.341. The number of aromatic nitrogens is 2. The molecule has 3 aromatic rings. The van der Waals surface area contributed by atoms with Crippen LogP contribution in [0.2, 0.25) is 0 Å². The Morgan fingerprint density at radius 2 is 1.97 bits per heavy atom. The summed E-state index contributed by atoms with van der Waals surface area (Å²) < 4.78 is 13.0. The van der Waals surface area contributed by atoms with E-state index in [0.29, 0.717) is 29.7 Å². The lowest BCUT2D eigenvalue weighted by molar-refractivity contribution is -0.139. The molecule has 0 bridgehead atoms. The van der Waals surface area contributed by atoms with Gasteiger partial charge in [-0.05, 0) is 36.6 Å². The lowest BCUT2D eigenvalue weighted by Gasteiger charge is -2.08. The maximum absolute atomic E-state index is 12.5. The van der Waals surface area contributed by atoms with E-state index in [4.69, 9.17) is 9.47 Å². The number of nitriles is 1. The van der Waals surface area contributed by atoms with Gasteiger partial charge in [-0.3, -0.25) is 4.40 Å². The summed E-state index contributed by atoms with van der Waals surface area (Å²) in [6, 6.07) is 17.0. The molecule has 6 nitrogen and oxygen atoms in total. The zero-order valence-corrected chi connectivity index (χ0v) is 16.8. The standard InChI is InChI=1S/C23H23N3O3/c1-16(2)14-28-22-20(26-17(3)8-7-11-21(26)25-22)12-19(13-24)23(27)29-15-18-9-5-4-6-10-18/h4-12,16H,14-15H2,1-3H3. The van der Waals surface area contributed by atoms with Crippen molar-refractivity contribution in [1.82, 2.24) is 9.38 Å². The second-order valence-corrected chi connectivity index (χ2v) is 7.10. The molecule has 0 atom stereocenters. The van der Waals surface area contributed by atoms with Gasteiger partial charge < -0.3 is 9.47 Å². The van der Waals surface area contributed by atoms with Crippen molar-refractivity contribution in [3.05, 3.63) is 71.1 Å². The van der Waals surface area contributed by atoms with E-state index in [1.165, 1.54) is 6.08 Å². The van der Waals surface area contributed by atoms with Gasteiger partial charge in [0.25, 0.3) is 0 Å². The fourth-order valence-corrected chi connectivity index (χ4v) is 2.81. The van der Waals surface area contributed by atoms with Crippen LogP contribution in [0.4, 0.5) is 0 Å². The molecule has 0 spiro atoms. The van der Waals surface area contributed by atoms with E-state index in [1.54, 1.807) is 0 Å². The molecule has 2 aromatic heterocycles. The number of esters is 1. The van der Waals surface area contributed by atoms with Gasteiger partial charge in [-0.15, -0.1) is 0 Å². The molecule has 148 valence electrons. The normalized spacial score (nSPS) is 11.5. The lowest BCUT2D eigenvalue weighted by atomic mass is 10.2. The van der Waals surface area contributed by atoms with Crippen molar-refractivity contribution >= 4 is 17.7 Å². The molecular formula is C23H23N3O3. The SMILES string of the molecule is Cc1cccc2nc(OCC(C)C)c(C=C(C#N)C(=O)OCc3ccccc3)n12. The van der Waals surface area contributed by atoms with Crippen molar-refractivity contribution in [2.24, 2.45) is 5.92 Å². The fourth-order valence-electron chi connectivity index (χ4n) is 2.81. The first-order valence-electron chi connectivity index (χ1n) is 9.43. The first-order valence-corrected chi connectivity index (χ1v) is 9.43. The van der Waals surface area contributed by atoms with E-state index in [9.17, 15) is 10.1 Å². The average molecular weight is 389 g/mol. The van der Waals surface area contributed by atoms with Crippen molar-refractivity contribution in [1.29, 1.82) is 5.26 Å². The number of benzene rings is 1. The number of carbonyl (C=O) groups excluding carboxylic acids is 1. The third-order valence-corrected chi connectivity index (χ3v) is 4.23. The average Bonchev–Trinajstić information content (AvgIpc) is 3.08. The molecule has 0 radical (unpaired) electrons. The van der Waals surface area contributed by atoms with E-state index < -0.39 is 5.97 Å². The van der Waals surface area contributed by atoms with Crippen LogP contribution in [0.15, 0.2) is 54.1 Å². The predicted octanol–water partition coefficient (Wildman–Crippen LogP) is 4.33. The molecule has 0 N–H and O–H groups in total. The van der Waals surface area contributed by atoms with Crippen molar-refractivity contribution in [3.63, 3.8) is 0 Å². The number of hydrogen-bond acceptors (Lipinski definition) is 5. The number of fused-ring (bicyclic) bond motifs is 1. The summed E-state index contributed by atoms with van der Waals surface area (Å²) in [6.07, 6.45) is 1.48. The molecule has 0 amide bonds. The molecule has 3 rings (SSSR count). The minimum Gasteiger partial charge on any atom is -0.476 e. The predicted molar refractivity (Wildman–Crippen MR) is 110 cm³/mol. The van der Waals surface area contributed by atoms with Crippen LogP contribution < -0.4 is 4.74 Å². The topological polar surface area (TPSA) is 76.6 Å². The smallest absolute Gasteiger partial charge is 0.349 e. The van der Waals surface area contributed by atoms with Crippen LogP contribution in [0.25, 0.3) is 11.7 Å².